The van der Waals surface area contributed by atoms with Gasteiger partial charge >= 0.3 is 0 Å². The van der Waals surface area contributed by atoms with Crippen molar-refractivity contribution in [3.8, 4) is 0 Å². The number of aromatic nitrogens is 1. The van der Waals surface area contributed by atoms with Gasteiger partial charge in [0.15, 0.2) is 11.8 Å². The number of ether oxygens (including phenoxy) is 1. The summed E-state index contributed by atoms with van der Waals surface area (Å²) in [5, 5.41) is 4.02. The van der Waals surface area contributed by atoms with Gasteiger partial charge in [-0.05, 0) is 18.6 Å². The molecule has 1 aromatic heterocycles. The second kappa shape index (κ2) is 7.03. The highest BCUT2D eigenvalue weighted by atomic mass is 16.6. The van der Waals surface area contributed by atoms with Crippen molar-refractivity contribution >= 4 is 17.5 Å². The average molecular weight is 358 g/mol. The number of fused-ring (bicyclic) bond motifs is 1. The minimum Gasteiger partial charge on any atom is -0.389 e. The number of oxime groups is 1. The average Bonchev–Trinajstić information content (AvgIpc) is 3.28. The number of amides is 2. The molecular formula is C18H22N4O4. The summed E-state index contributed by atoms with van der Waals surface area (Å²) >= 11 is 0. The summed E-state index contributed by atoms with van der Waals surface area (Å²) in [6.45, 7) is 5.10. The van der Waals surface area contributed by atoms with Crippen LogP contribution < -0.4 is 0 Å². The van der Waals surface area contributed by atoms with Crippen molar-refractivity contribution in [2.75, 3.05) is 39.4 Å². The fourth-order valence-corrected chi connectivity index (χ4v) is 3.57. The Hall–Kier alpha value is -2.48. The van der Waals surface area contributed by atoms with E-state index in [1.54, 1.807) is 22.1 Å². The minimum atomic E-state index is -0.248. The van der Waals surface area contributed by atoms with E-state index in [9.17, 15) is 9.59 Å². The van der Waals surface area contributed by atoms with Crippen molar-refractivity contribution < 1.29 is 19.2 Å². The first-order valence-corrected chi connectivity index (χ1v) is 9.02. The number of rotatable bonds is 3. The Bertz CT molecular complexity index is 727. The van der Waals surface area contributed by atoms with Crippen LogP contribution in [0.3, 0.4) is 0 Å². The normalized spacial score (nSPS) is 24.9. The van der Waals surface area contributed by atoms with Crippen molar-refractivity contribution in [3.05, 3.63) is 29.6 Å². The Kier molecular flexibility index (Phi) is 4.58. The van der Waals surface area contributed by atoms with Crippen molar-refractivity contribution in [3.63, 3.8) is 0 Å². The third-order valence-electron chi connectivity index (χ3n) is 5.14. The van der Waals surface area contributed by atoms with Crippen LogP contribution in [0.4, 0.5) is 0 Å². The summed E-state index contributed by atoms with van der Waals surface area (Å²) in [5.41, 5.74) is 1.93. The Morgan fingerprint density at radius 2 is 1.96 bits per heavy atom. The minimum absolute atomic E-state index is 0.0867. The molecule has 1 aromatic rings. The standard InChI is InChI=1S/C18H22N4O4/c1-2-13-4-3-12(9-19-13)17(23)22-10-14-15(11-22)26-20-16(14)18(24)21-5-7-25-8-6-21/h3-4,9,14-15H,2,5-8,10-11H2,1H3/t14-,15+/m0/s1. The number of aryl methyl sites for hydroxylation is 1. The van der Waals surface area contributed by atoms with Gasteiger partial charge in [0.1, 0.15) is 0 Å². The number of likely N-dealkylation sites (tertiary alicyclic amines) is 1. The quantitative estimate of drug-likeness (QED) is 0.777. The van der Waals surface area contributed by atoms with Gasteiger partial charge in [-0.3, -0.25) is 14.6 Å². The molecule has 4 rings (SSSR count). The monoisotopic (exact) mass is 358 g/mol. The lowest BCUT2D eigenvalue weighted by atomic mass is 10.00. The molecule has 2 atom stereocenters. The molecule has 0 unspecified atom stereocenters. The van der Waals surface area contributed by atoms with E-state index in [0.29, 0.717) is 50.7 Å². The predicted molar refractivity (Wildman–Crippen MR) is 92.7 cm³/mol. The molecule has 8 nitrogen and oxygen atoms in total. The second-order valence-corrected chi connectivity index (χ2v) is 6.73. The van der Waals surface area contributed by atoms with Crippen LogP contribution in [0.25, 0.3) is 0 Å². The molecule has 2 saturated heterocycles. The lowest BCUT2D eigenvalue weighted by molar-refractivity contribution is -0.128. The molecule has 26 heavy (non-hydrogen) atoms. The molecule has 8 heteroatoms. The molecule has 0 spiro atoms. The van der Waals surface area contributed by atoms with E-state index in [-0.39, 0.29) is 23.8 Å². The van der Waals surface area contributed by atoms with Crippen molar-refractivity contribution in [2.45, 2.75) is 19.4 Å². The molecular weight excluding hydrogens is 336 g/mol. The van der Waals surface area contributed by atoms with Crippen LogP contribution in [-0.4, -0.2) is 77.8 Å². The number of morpholine rings is 1. The Balaban J connectivity index is 1.43. The van der Waals surface area contributed by atoms with Crippen LogP contribution >= 0.6 is 0 Å². The van der Waals surface area contributed by atoms with Crippen LogP contribution in [0.15, 0.2) is 23.5 Å². The SMILES string of the molecule is CCc1ccc(C(=O)N2C[C@@H]3C(C(=O)N4CCOCC4)=NO[C@@H]3C2)cn1. The van der Waals surface area contributed by atoms with Gasteiger partial charge in [-0.1, -0.05) is 12.1 Å². The van der Waals surface area contributed by atoms with Crippen LogP contribution in [0.1, 0.15) is 23.0 Å². The molecule has 138 valence electrons. The highest BCUT2D eigenvalue weighted by Gasteiger charge is 2.47. The predicted octanol–water partition coefficient (Wildman–Crippen LogP) is 0.330. The number of pyridine rings is 1. The Morgan fingerprint density at radius 3 is 2.65 bits per heavy atom. The summed E-state index contributed by atoms with van der Waals surface area (Å²) in [7, 11) is 0. The molecule has 2 fully saturated rings. The van der Waals surface area contributed by atoms with Crippen LogP contribution in [-0.2, 0) is 20.8 Å². The number of hydrogen-bond acceptors (Lipinski definition) is 6. The maximum absolute atomic E-state index is 12.7. The zero-order chi connectivity index (χ0) is 18.1. The lowest BCUT2D eigenvalue weighted by Crippen LogP contribution is -2.46. The summed E-state index contributed by atoms with van der Waals surface area (Å²) in [6, 6.07) is 3.67. The number of hydrogen-bond donors (Lipinski definition) is 0. The van der Waals surface area contributed by atoms with Crippen molar-refractivity contribution in [1.82, 2.24) is 14.8 Å². The van der Waals surface area contributed by atoms with E-state index >= 15 is 0 Å². The van der Waals surface area contributed by atoms with Crippen molar-refractivity contribution in [2.24, 2.45) is 11.1 Å². The first-order valence-electron chi connectivity index (χ1n) is 9.02. The fourth-order valence-electron chi connectivity index (χ4n) is 3.57. The lowest BCUT2D eigenvalue weighted by Gasteiger charge is -2.27. The molecule has 4 heterocycles. The molecule has 2 amide bonds. The van der Waals surface area contributed by atoms with E-state index in [2.05, 4.69) is 10.1 Å². The van der Waals surface area contributed by atoms with Crippen LogP contribution in [0, 0.1) is 5.92 Å². The molecule has 0 aliphatic carbocycles. The van der Waals surface area contributed by atoms with Gasteiger partial charge in [0.2, 0.25) is 0 Å². The maximum Gasteiger partial charge on any atom is 0.272 e. The Morgan fingerprint density at radius 1 is 1.15 bits per heavy atom. The summed E-state index contributed by atoms with van der Waals surface area (Å²) in [4.78, 5) is 38.6. The largest absolute Gasteiger partial charge is 0.389 e. The maximum atomic E-state index is 12.7. The Labute approximate surface area is 151 Å². The molecule has 0 aromatic carbocycles. The fraction of sp³-hybridized carbons (Fsp3) is 0.556. The second-order valence-electron chi connectivity index (χ2n) is 6.73. The summed E-state index contributed by atoms with van der Waals surface area (Å²) in [6.07, 6.45) is 2.20. The number of nitrogens with zero attached hydrogens (tertiary/aromatic N) is 4. The first kappa shape index (κ1) is 17.0. The van der Waals surface area contributed by atoms with Crippen LogP contribution in [0.2, 0.25) is 0 Å². The molecule has 0 bridgehead atoms. The van der Waals surface area contributed by atoms with Gasteiger partial charge in [-0.2, -0.15) is 0 Å². The topological polar surface area (TPSA) is 84.3 Å². The molecule has 3 aliphatic rings. The van der Waals surface area contributed by atoms with Gasteiger partial charge in [0, 0.05) is 31.5 Å². The summed E-state index contributed by atoms with van der Waals surface area (Å²) < 4.78 is 5.29. The van der Waals surface area contributed by atoms with Gasteiger partial charge in [0.05, 0.1) is 31.2 Å². The van der Waals surface area contributed by atoms with E-state index in [1.807, 2.05) is 13.0 Å². The zero-order valence-corrected chi connectivity index (χ0v) is 14.8. The highest BCUT2D eigenvalue weighted by molar-refractivity contribution is 6.40. The van der Waals surface area contributed by atoms with Gasteiger partial charge in [0.25, 0.3) is 11.8 Å². The van der Waals surface area contributed by atoms with Crippen molar-refractivity contribution in [1.29, 1.82) is 0 Å². The van der Waals surface area contributed by atoms with E-state index in [0.717, 1.165) is 12.1 Å². The summed E-state index contributed by atoms with van der Waals surface area (Å²) in [5.74, 6) is -0.363. The molecule has 0 saturated carbocycles. The first-order chi connectivity index (χ1) is 12.7. The zero-order valence-electron chi connectivity index (χ0n) is 14.8. The van der Waals surface area contributed by atoms with Gasteiger partial charge in [-0.25, -0.2) is 0 Å². The number of carbonyl (C=O) groups is 2. The highest BCUT2D eigenvalue weighted by Crippen LogP contribution is 2.29. The number of carbonyl (C=O) groups excluding carboxylic acids is 2. The molecule has 3 aliphatic heterocycles. The van der Waals surface area contributed by atoms with E-state index in [1.165, 1.54) is 0 Å². The molecule has 0 radical (unpaired) electrons. The smallest absolute Gasteiger partial charge is 0.272 e. The third-order valence-corrected chi connectivity index (χ3v) is 5.14. The molecule has 0 N–H and O–H groups in total. The van der Waals surface area contributed by atoms with E-state index < -0.39 is 0 Å². The van der Waals surface area contributed by atoms with E-state index in [4.69, 9.17) is 9.57 Å². The van der Waals surface area contributed by atoms with Gasteiger partial charge < -0.3 is 19.4 Å². The van der Waals surface area contributed by atoms with Crippen LogP contribution in [0.5, 0.6) is 0 Å². The third kappa shape index (κ3) is 3.05. The van der Waals surface area contributed by atoms with Gasteiger partial charge in [-0.15, -0.1) is 0 Å².